The largest absolute Gasteiger partial charge is 0.477 e. The molecular formula is C20H28N2O4. The van der Waals surface area contributed by atoms with E-state index in [1.54, 1.807) is 20.0 Å². The Morgan fingerprint density at radius 1 is 1.15 bits per heavy atom. The number of rotatable bonds is 6. The molecule has 0 aliphatic rings. The molecule has 1 heterocycles. The smallest absolute Gasteiger partial charge is 0.325 e. The lowest BCUT2D eigenvalue weighted by Gasteiger charge is -2.23. The van der Waals surface area contributed by atoms with Crippen LogP contribution >= 0.6 is 0 Å². The summed E-state index contributed by atoms with van der Waals surface area (Å²) in [5.41, 5.74) is -0.804. The van der Waals surface area contributed by atoms with Crippen LogP contribution in [0, 0.1) is 5.41 Å². The Hall–Kier alpha value is -2.63. The van der Waals surface area contributed by atoms with Gasteiger partial charge in [0.05, 0.1) is 12.5 Å². The lowest BCUT2D eigenvalue weighted by Crippen LogP contribution is -2.43. The van der Waals surface area contributed by atoms with Gasteiger partial charge in [-0.05, 0) is 19.2 Å². The van der Waals surface area contributed by atoms with E-state index in [0.717, 1.165) is 10.8 Å². The first-order valence-electron chi connectivity index (χ1n) is 8.66. The van der Waals surface area contributed by atoms with Crippen LogP contribution in [0.25, 0.3) is 10.8 Å². The minimum atomic E-state index is -0.804. The Kier molecular flexibility index (Phi) is 8.55. The highest BCUT2D eigenvalue weighted by molar-refractivity contribution is 5.86. The Morgan fingerprint density at radius 3 is 2.38 bits per heavy atom. The van der Waals surface area contributed by atoms with E-state index < -0.39 is 11.4 Å². The van der Waals surface area contributed by atoms with Crippen molar-refractivity contribution in [2.75, 3.05) is 20.3 Å². The number of methoxy groups -OCH3 is 1. The van der Waals surface area contributed by atoms with Gasteiger partial charge in [-0.1, -0.05) is 44.5 Å². The molecule has 1 aromatic heterocycles. The van der Waals surface area contributed by atoms with Crippen molar-refractivity contribution < 1.29 is 19.1 Å². The number of aromatic nitrogens is 1. The molecule has 6 nitrogen and oxygen atoms in total. The zero-order valence-electron chi connectivity index (χ0n) is 16.2. The zero-order chi connectivity index (χ0) is 19.6. The summed E-state index contributed by atoms with van der Waals surface area (Å²) >= 11 is 0. The molecule has 0 spiro atoms. The number of carbonyl (C=O) groups is 2. The number of carbonyl (C=O) groups excluding carboxylic acids is 2. The monoisotopic (exact) mass is 360 g/mol. The van der Waals surface area contributed by atoms with Gasteiger partial charge in [0.1, 0.15) is 13.2 Å². The molecule has 2 rings (SSSR count). The molecule has 142 valence electrons. The van der Waals surface area contributed by atoms with Crippen molar-refractivity contribution >= 4 is 22.6 Å². The highest BCUT2D eigenvalue weighted by Gasteiger charge is 2.29. The first-order valence-corrected chi connectivity index (χ1v) is 8.66. The fraction of sp³-hybridized carbons (Fsp3) is 0.450. The fourth-order valence-electron chi connectivity index (χ4n) is 1.93. The number of benzene rings is 1. The van der Waals surface area contributed by atoms with Crippen LogP contribution in [0.15, 0.2) is 36.5 Å². The third-order valence-corrected chi connectivity index (χ3v) is 3.42. The van der Waals surface area contributed by atoms with Crippen LogP contribution in [-0.2, 0) is 14.3 Å². The lowest BCUT2D eigenvalue weighted by molar-refractivity contribution is -0.142. The molecule has 0 bridgehead atoms. The van der Waals surface area contributed by atoms with Crippen LogP contribution in [0.5, 0.6) is 5.88 Å². The molecule has 0 radical (unpaired) electrons. The van der Waals surface area contributed by atoms with Gasteiger partial charge in [-0.3, -0.25) is 9.59 Å². The van der Waals surface area contributed by atoms with E-state index in [0.29, 0.717) is 5.88 Å². The first kappa shape index (κ1) is 21.4. The van der Waals surface area contributed by atoms with E-state index >= 15 is 0 Å². The van der Waals surface area contributed by atoms with Crippen molar-refractivity contribution in [3.63, 3.8) is 0 Å². The molecule has 0 atom stereocenters. The topological polar surface area (TPSA) is 77.5 Å². The summed E-state index contributed by atoms with van der Waals surface area (Å²) in [6.45, 7) is 7.71. The van der Waals surface area contributed by atoms with Crippen LogP contribution in [0.1, 0.15) is 34.1 Å². The third kappa shape index (κ3) is 6.70. The van der Waals surface area contributed by atoms with E-state index in [1.165, 1.54) is 13.5 Å². The molecule has 0 saturated carbocycles. The van der Waals surface area contributed by atoms with E-state index in [2.05, 4.69) is 28.9 Å². The molecule has 0 fully saturated rings. The molecule has 1 amide bonds. The quantitative estimate of drug-likeness (QED) is 0.800. The van der Waals surface area contributed by atoms with Crippen molar-refractivity contribution in [2.24, 2.45) is 5.41 Å². The predicted molar refractivity (Wildman–Crippen MR) is 102 cm³/mol. The van der Waals surface area contributed by atoms with Crippen molar-refractivity contribution in [3.8, 4) is 5.88 Å². The molecule has 0 unspecified atom stereocenters. The van der Waals surface area contributed by atoms with E-state index in [4.69, 9.17) is 4.74 Å². The number of hydrogen-bond acceptors (Lipinski definition) is 5. The van der Waals surface area contributed by atoms with E-state index in [1.807, 2.05) is 30.3 Å². The zero-order valence-corrected chi connectivity index (χ0v) is 16.2. The number of amides is 1. The maximum atomic E-state index is 12.1. The van der Waals surface area contributed by atoms with Crippen molar-refractivity contribution in [2.45, 2.75) is 34.1 Å². The van der Waals surface area contributed by atoms with Crippen LogP contribution in [0.4, 0.5) is 0 Å². The van der Waals surface area contributed by atoms with Gasteiger partial charge in [-0.25, -0.2) is 4.98 Å². The third-order valence-electron chi connectivity index (χ3n) is 3.42. The second-order valence-electron chi connectivity index (χ2n) is 6.51. The molecule has 2 aromatic rings. The minimum absolute atomic E-state index is 0.144. The summed E-state index contributed by atoms with van der Waals surface area (Å²) in [5, 5.41) is 4.57. The van der Waals surface area contributed by atoms with Gasteiger partial charge in [0, 0.05) is 17.6 Å². The van der Waals surface area contributed by atoms with Gasteiger partial charge in [0.15, 0.2) is 0 Å². The predicted octanol–water partition coefficient (Wildman–Crippen LogP) is 3.35. The highest BCUT2D eigenvalue weighted by Crippen LogP contribution is 2.21. The summed E-state index contributed by atoms with van der Waals surface area (Å²) in [6.07, 6.45) is 2.98. The molecule has 26 heavy (non-hydrogen) atoms. The molecule has 0 saturated heterocycles. The molecule has 0 aliphatic heterocycles. The molecule has 6 heteroatoms. The number of nitrogens with zero attached hydrogens (tertiary/aromatic N) is 1. The van der Waals surface area contributed by atoms with Crippen molar-refractivity contribution in [1.82, 2.24) is 10.3 Å². The Labute approximate surface area is 154 Å². The van der Waals surface area contributed by atoms with Crippen LogP contribution in [-0.4, -0.2) is 37.1 Å². The number of esters is 1. The Morgan fingerprint density at radius 2 is 1.77 bits per heavy atom. The highest BCUT2D eigenvalue weighted by atomic mass is 16.5. The molecule has 0 aliphatic carbocycles. The minimum Gasteiger partial charge on any atom is -0.477 e. The number of hydrogen-bond donors (Lipinski definition) is 1. The maximum Gasteiger partial charge on any atom is 0.325 e. The lowest BCUT2D eigenvalue weighted by atomic mass is 9.93. The Balaban J connectivity index is 0.00000105. The summed E-state index contributed by atoms with van der Waals surface area (Å²) in [7, 11) is 1.27. The van der Waals surface area contributed by atoms with E-state index in [-0.39, 0.29) is 19.1 Å². The van der Waals surface area contributed by atoms with Crippen LogP contribution < -0.4 is 10.1 Å². The van der Waals surface area contributed by atoms with Crippen molar-refractivity contribution in [1.29, 1.82) is 0 Å². The van der Waals surface area contributed by atoms with Gasteiger partial charge in [0.25, 0.3) is 0 Å². The second kappa shape index (κ2) is 10.4. The van der Waals surface area contributed by atoms with Crippen molar-refractivity contribution in [3.05, 3.63) is 36.5 Å². The average Bonchev–Trinajstić information content (AvgIpc) is 2.64. The van der Waals surface area contributed by atoms with Gasteiger partial charge >= 0.3 is 5.97 Å². The standard InChI is InChI=1S/C17H20N2O4.C3H8/c1-17(2,16(21)19-10-15(20)22-3)11-23-14-8-12-6-4-5-7-13(12)9-18-14;1-3-2/h4-9H,10-11H2,1-3H3,(H,19,21);3H2,1-2H3. The molecule has 1 aromatic carbocycles. The van der Waals surface area contributed by atoms with Crippen LogP contribution in [0.2, 0.25) is 0 Å². The number of fused-ring (bicyclic) bond motifs is 1. The normalized spacial score (nSPS) is 10.5. The van der Waals surface area contributed by atoms with Gasteiger partial charge in [0.2, 0.25) is 11.8 Å². The number of ether oxygens (including phenoxy) is 2. The summed E-state index contributed by atoms with van der Waals surface area (Å²) in [4.78, 5) is 27.4. The molecular weight excluding hydrogens is 332 g/mol. The second-order valence-corrected chi connectivity index (χ2v) is 6.51. The fourth-order valence-corrected chi connectivity index (χ4v) is 1.93. The van der Waals surface area contributed by atoms with E-state index in [9.17, 15) is 9.59 Å². The summed E-state index contributed by atoms with van der Waals surface area (Å²) in [6, 6.07) is 9.65. The first-order chi connectivity index (χ1) is 12.3. The number of pyridine rings is 1. The number of nitrogens with one attached hydrogen (secondary N) is 1. The van der Waals surface area contributed by atoms with Gasteiger partial charge in [-0.2, -0.15) is 0 Å². The van der Waals surface area contributed by atoms with Gasteiger partial charge < -0.3 is 14.8 Å². The summed E-state index contributed by atoms with van der Waals surface area (Å²) in [5.74, 6) is -0.326. The van der Waals surface area contributed by atoms with Crippen LogP contribution in [0.3, 0.4) is 0 Å². The summed E-state index contributed by atoms with van der Waals surface area (Å²) < 4.78 is 10.1. The average molecular weight is 360 g/mol. The van der Waals surface area contributed by atoms with Gasteiger partial charge in [-0.15, -0.1) is 0 Å². The maximum absolute atomic E-state index is 12.1. The SMILES string of the molecule is CCC.COC(=O)CNC(=O)C(C)(C)COc1cc2ccccc2cn1. The molecule has 1 N–H and O–H groups in total. The Bertz CT molecular complexity index is 729.